The molecule has 0 aliphatic carbocycles. The fourth-order valence-corrected chi connectivity index (χ4v) is 3.65. The van der Waals surface area contributed by atoms with Crippen LogP contribution in [0.1, 0.15) is 12.8 Å². The van der Waals surface area contributed by atoms with Crippen LogP contribution < -0.4 is 21.9 Å². The number of carbonyl (C=O) groups is 1. The normalized spacial score (nSPS) is 16.6. The minimum Gasteiger partial charge on any atom is -0.384 e. The summed E-state index contributed by atoms with van der Waals surface area (Å²) in [6.07, 6.45) is 3.27. The van der Waals surface area contributed by atoms with Crippen molar-refractivity contribution in [1.29, 1.82) is 0 Å². The zero-order valence-electron chi connectivity index (χ0n) is 15.9. The van der Waals surface area contributed by atoms with E-state index in [4.69, 9.17) is 4.74 Å². The van der Waals surface area contributed by atoms with Crippen molar-refractivity contribution in [3.05, 3.63) is 27.2 Å². The highest BCUT2D eigenvalue weighted by Crippen LogP contribution is 2.28. The van der Waals surface area contributed by atoms with Crippen molar-refractivity contribution >= 4 is 17.1 Å². The molecule has 0 atom stereocenters. The Labute approximate surface area is 156 Å². The second-order valence-corrected chi connectivity index (χ2v) is 7.21. The van der Waals surface area contributed by atoms with Crippen LogP contribution in [0.3, 0.4) is 0 Å². The number of piperidine rings is 1. The number of fused-ring (bicyclic) bond motifs is 1. The molecule has 148 valence electrons. The number of hydrogen-bond acceptors (Lipinski definition) is 6. The Bertz CT molecular complexity index is 945. The Morgan fingerprint density at radius 1 is 1.30 bits per heavy atom. The van der Waals surface area contributed by atoms with Crippen molar-refractivity contribution in [3.8, 4) is 0 Å². The molecule has 2 aromatic rings. The van der Waals surface area contributed by atoms with Gasteiger partial charge in [-0.2, -0.15) is 0 Å². The number of aryl methyl sites for hydroxylation is 1. The van der Waals surface area contributed by atoms with E-state index in [0.29, 0.717) is 13.2 Å². The van der Waals surface area contributed by atoms with Gasteiger partial charge in [0.05, 0.1) is 12.9 Å². The number of imidazole rings is 1. The van der Waals surface area contributed by atoms with E-state index in [1.807, 2.05) is 0 Å². The molecule has 0 saturated carbocycles. The predicted octanol–water partition coefficient (Wildman–Crippen LogP) is -1.43. The number of carbonyl (C=O) groups excluding carboxylic acids is 1. The van der Waals surface area contributed by atoms with E-state index in [2.05, 4.69) is 15.6 Å². The topological polar surface area (TPSA) is 112 Å². The van der Waals surface area contributed by atoms with Crippen molar-refractivity contribution in [1.82, 2.24) is 29.3 Å². The number of aromatic nitrogens is 4. The third-order valence-electron chi connectivity index (χ3n) is 5.31. The maximum absolute atomic E-state index is 12.5. The summed E-state index contributed by atoms with van der Waals surface area (Å²) in [5.41, 5.74) is -0.484. The first-order valence-electron chi connectivity index (χ1n) is 8.96. The molecule has 1 aliphatic heterocycles. The van der Waals surface area contributed by atoms with Gasteiger partial charge in [0.1, 0.15) is 6.54 Å². The molecule has 2 aromatic heterocycles. The zero-order valence-corrected chi connectivity index (χ0v) is 15.9. The molecule has 3 rings (SSSR count). The van der Waals surface area contributed by atoms with Gasteiger partial charge in [-0.3, -0.25) is 18.7 Å². The van der Waals surface area contributed by atoms with Crippen LogP contribution in [0.15, 0.2) is 15.9 Å². The molecule has 1 amide bonds. The Kier molecular flexibility index (Phi) is 5.47. The third kappa shape index (κ3) is 3.67. The molecule has 2 N–H and O–H groups in total. The summed E-state index contributed by atoms with van der Waals surface area (Å²) < 4.78 is 9.16. The van der Waals surface area contributed by atoms with Crippen LogP contribution in [0.25, 0.3) is 11.2 Å². The van der Waals surface area contributed by atoms with E-state index in [9.17, 15) is 14.4 Å². The van der Waals surface area contributed by atoms with Gasteiger partial charge in [-0.25, -0.2) is 9.78 Å². The summed E-state index contributed by atoms with van der Waals surface area (Å²) >= 11 is 0. The van der Waals surface area contributed by atoms with Gasteiger partial charge in [-0.1, -0.05) is 0 Å². The number of methoxy groups -OCH3 is 1. The predicted molar refractivity (Wildman–Crippen MR) is 99.6 cm³/mol. The fourth-order valence-electron chi connectivity index (χ4n) is 3.65. The van der Waals surface area contributed by atoms with Gasteiger partial charge in [-0.15, -0.1) is 0 Å². The lowest BCUT2D eigenvalue weighted by Gasteiger charge is -2.37. The first-order chi connectivity index (χ1) is 12.9. The monoisotopic (exact) mass is 378 g/mol. The molecule has 10 nitrogen and oxygen atoms in total. The second kappa shape index (κ2) is 7.65. The summed E-state index contributed by atoms with van der Waals surface area (Å²) in [6.45, 7) is 2.87. The molecule has 27 heavy (non-hydrogen) atoms. The first kappa shape index (κ1) is 19.3. The van der Waals surface area contributed by atoms with Gasteiger partial charge in [0.2, 0.25) is 5.91 Å². The van der Waals surface area contributed by atoms with Gasteiger partial charge >= 0.3 is 5.69 Å². The van der Waals surface area contributed by atoms with Crippen LogP contribution >= 0.6 is 0 Å². The molecule has 1 aliphatic rings. The van der Waals surface area contributed by atoms with Crippen molar-refractivity contribution in [2.75, 3.05) is 33.4 Å². The number of hydrogen-bond donors (Lipinski definition) is 2. The molecule has 3 heterocycles. The molecular weight excluding hydrogens is 352 g/mol. The lowest BCUT2D eigenvalue weighted by molar-refractivity contribution is -0.122. The minimum atomic E-state index is -0.465. The van der Waals surface area contributed by atoms with E-state index in [1.54, 1.807) is 14.2 Å². The summed E-state index contributed by atoms with van der Waals surface area (Å²) in [4.78, 5) is 41.1. The highest BCUT2D eigenvalue weighted by molar-refractivity contribution is 5.78. The molecule has 0 aromatic carbocycles. The lowest BCUT2D eigenvalue weighted by Crippen LogP contribution is -2.47. The Hall–Kier alpha value is -2.46. The highest BCUT2D eigenvalue weighted by atomic mass is 16.5. The quantitative estimate of drug-likeness (QED) is 0.637. The minimum absolute atomic E-state index is 0.0365. The average Bonchev–Trinajstić information content (AvgIpc) is 3.08. The van der Waals surface area contributed by atoms with Gasteiger partial charge in [0.25, 0.3) is 5.56 Å². The lowest BCUT2D eigenvalue weighted by atomic mass is 9.79. The number of amides is 1. The summed E-state index contributed by atoms with van der Waals surface area (Å²) in [5, 5.41) is 6.29. The van der Waals surface area contributed by atoms with Crippen LogP contribution in [-0.4, -0.2) is 57.9 Å². The van der Waals surface area contributed by atoms with Crippen LogP contribution in [0.4, 0.5) is 0 Å². The SMILES string of the molecule is COCC1(CNC(=O)Cn2cnc3c2c(=O)n(C)c(=O)n3C)CCNCC1. The zero-order chi connectivity index (χ0) is 19.6. The molecule has 0 radical (unpaired) electrons. The largest absolute Gasteiger partial charge is 0.384 e. The summed E-state index contributed by atoms with van der Waals surface area (Å²) in [7, 11) is 4.63. The molecule has 0 bridgehead atoms. The number of ether oxygens (including phenoxy) is 1. The highest BCUT2D eigenvalue weighted by Gasteiger charge is 2.32. The van der Waals surface area contributed by atoms with Crippen LogP contribution in [-0.2, 0) is 30.2 Å². The van der Waals surface area contributed by atoms with Crippen molar-refractivity contribution in [2.45, 2.75) is 19.4 Å². The van der Waals surface area contributed by atoms with Crippen LogP contribution in [0.5, 0.6) is 0 Å². The molecular formula is C17H26N6O4. The molecule has 0 spiro atoms. The van der Waals surface area contributed by atoms with Gasteiger partial charge < -0.3 is 19.9 Å². The van der Waals surface area contributed by atoms with Crippen LogP contribution in [0, 0.1) is 5.41 Å². The van der Waals surface area contributed by atoms with E-state index in [0.717, 1.165) is 30.5 Å². The Morgan fingerprint density at radius 2 is 2.00 bits per heavy atom. The van der Waals surface area contributed by atoms with Gasteiger partial charge in [-0.05, 0) is 25.9 Å². The Balaban J connectivity index is 1.77. The number of rotatable bonds is 6. The number of nitrogens with one attached hydrogen (secondary N) is 2. The summed E-state index contributed by atoms with van der Waals surface area (Å²) in [5.74, 6) is -0.209. The van der Waals surface area contributed by atoms with Gasteiger partial charge in [0.15, 0.2) is 11.2 Å². The van der Waals surface area contributed by atoms with Crippen molar-refractivity contribution in [2.24, 2.45) is 19.5 Å². The fraction of sp³-hybridized carbons (Fsp3) is 0.647. The Morgan fingerprint density at radius 3 is 2.67 bits per heavy atom. The van der Waals surface area contributed by atoms with Crippen molar-refractivity contribution in [3.63, 3.8) is 0 Å². The number of nitrogens with zero attached hydrogens (tertiary/aromatic N) is 4. The summed E-state index contributed by atoms with van der Waals surface area (Å²) in [6, 6.07) is 0. The molecule has 1 fully saturated rings. The average molecular weight is 378 g/mol. The van der Waals surface area contributed by atoms with E-state index >= 15 is 0 Å². The van der Waals surface area contributed by atoms with E-state index in [-0.39, 0.29) is 29.0 Å². The second-order valence-electron chi connectivity index (χ2n) is 7.21. The maximum atomic E-state index is 12.5. The first-order valence-corrected chi connectivity index (χ1v) is 8.96. The van der Waals surface area contributed by atoms with E-state index < -0.39 is 11.2 Å². The van der Waals surface area contributed by atoms with Crippen molar-refractivity contribution < 1.29 is 9.53 Å². The molecule has 1 saturated heterocycles. The smallest absolute Gasteiger partial charge is 0.332 e. The van der Waals surface area contributed by atoms with E-state index in [1.165, 1.54) is 22.5 Å². The van der Waals surface area contributed by atoms with Crippen LogP contribution in [0.2, 0.25) is 0 Å². The standard InChI is InChI=1S/C17H26N6O4/c1-21-14-13(15(25)22(2)16(21)26)23(11-20-14)8-12(24)19-9-17(10-27-3)4-6-18-7-5-17/h11,18H,4-10H2,1-3H3,(H,19,24). The molecule has 0 unspecified atom stereocenters. The molecule has 10 heteroatoms. The maximum Gasteiger partial charge on any atom is 0.332 e. The van der Waals surface area contributed by atoms with Gasteiger partial charge in [0, 0.05) is 33.2 Å². The third-order valence-corrected chi connectivity index (χ3v) is 5.31.